The molecule has 2 aromatic carbocycles. The summed E-state index contributed by atoms with van der Waals surface area (Å²) in [7, 11) is -2.86. The number of carbonyl (C=O) groups excluding carboxylic acids is 1. The Morgan fingerprint density at radius 2 is 1.89 bits per heavy atom. The zero-order chi connectivity index (χ0) is 20.3. The summed E-state index contributed by atoms with van der Waals surface area (Å²) in [5, 5.41) is 9.17. The van der Waals surface area contributed by atoms with Gasteiger partial charge >= 0.3 is 5.97 Å². The Bertz CT molecular complexity index is 1180. The van der Waals surface area contributed by atoms with Crippen LogP contribution in [0.3, 0.4) is 0 Å². The molecule has 0 saturated carbocycles. The highest BCUT2D eigenvalue weighted by Gasteiger charge is 2.22. The second-order valence-corrected chi connectivity index (χ2v) is 8.18. The van der Waals surface area contributed by atoms with Crippen molar-refractivity contribution in [3.63, 3.8) is 0 Å². The third-order valence-corrected chi connectivity index (χ3v) is 6.25. The van der Waals surface area contributed by atoms with Crippen LogP contribution in [0.25, 0.3) is 5.69 Å². The van der Waals surface area contributed by atoms with E-state index in [2.05, 4.69) is 25.4 Å². The van der Waals surface area contributed by atoms with E-state index in [0.717, 1.165) is 0 Å². The highest BCUT2D eigenvalue weighted by molar-refractivity contribution is 9.10. The zero-order valence-electron chi connectivity index (χ0n) is 14.6. The van der Waals surface area contributed by atoms with Crippen LogP contribution in [-0.4, -0.2) is 26.1 Å². The number of sulfonamides is 1. The van der Waals surface area contributed by atoms with E-state index < -0.39 is 16.0 Å². The van der Waals surface area contributed by atoms with E-state index in [1.165, 1.54) is 31.4 Å². The lowest BCUT2D eigenvalue weighted by molar-refractivity contribution is 0.0600. The normalized spacial score (nSPS) is 10.9. The Balaban J connectivity index is 2.09. The number of rotatable bonds is 5. The zero-order valence-corrected chi connectivity index (χ0v) is 17.0. The quantitative estimate of drug-likeness (QED) is 0.586. The van der Waals surface area contributed by atoms with Crippen LogP contribution in [0.2, 0.25) is 0 Å². The lowest BCUT2D eigenvalue weighted by Crippen LogP contribution is -2.16. The molecule has 0 unspecified atom stereocenters. The van der Waals surface area contributed by atoms with Gasteiger partial charge in [0.15, 0.2) is 0 Å². The summed E-state index contributed by atoms with van der Waals surface area (Å²) in [4.78, 5) is 11.6. The summed E-state index contributed by atoms with van der Waals surface area (Å²) in [6.45, 7) is 0. The second-order valence-electron chi connectivity index (χ2n) is 5.68. The van der Waals surface area contributed by atoms with Gasteiger partial charge in [0.25, 0.3) is 10.0 Å². The molecule has 0 saturated heterocycles. The van der Waals surface area contributed by atoms with Gasteiger partial charge in [-0.1, -0.05) is 0 Å². The molecular formula is C19H14BrN3O4S. The number of hydrogen-bond acceptors (Lipinski definition) is 5. The van der Waals surface area contributed by atoms with Gasteiger partial charge < -0.3 is 9.30 Å². The number of nitrogens with one attached hydrogen (secondary N) is 1. The van der Waals surface area contributed by atoms with Crippen molar-refractivity contribution in [3.8, 4) is 11.8 Å². The average Bonchev–Trinajstić information content (AvgIpc) is 3.21. The maximum Gasteiger partial charge on any atom is 0.337 e. The number of carbonyl (C=O) groups is 1. The van der Waals surface area contributed by atoms with Crippen LogP contribution < -0.4 is 4.72 Å². The fraction of sp³-hybridized carbons (Fsp3) is 0.0526. The number of ether oxygens (including phenoxy) is 1. The molecule has 1 heterocycles. The highest BCUT2D eigenvalue weighted by atomic mass is 79.9. The minimum atomic E-state index is -4.07. The van der Waals surface area contributed by atoms with Crippen molar-refractivity contribution in [1.29, 1.82) is 5.26 Å². The first kappa shape index (κ1) is 19.7. The molecule has 0 aliphatic carbocycles. The number of aromatic nitrogens is 1. The molecule has 28 heavy (non-hydrogen) atoms. The fourth-order valence-corrected chi connectivity index (χ4v) is 4.62. The van der Waals surface area contributed by atoms with Crippen molar-refractivity contribution < 1.29 is 17.9 Å². The van der Waals surface area contributed by atoms with E-state index in [4.69, 9.17) is 0 Å². The van der Waals surface area contributed by atoms with Crippen LogP contribution in [-0.2, 0) is 14.8 Å². The van der Waals surface area contributed by atoms with Crippen molar-refractivity contribution in [2.75, 3.05) is 11.8 Å². The van der Waals surface area contributed by atoms with Crippen LogP contribution >= 0.6 is 15.9 Å². The molecule has 9 heteroatoms. The van der Waals surface area contributed by atoms with E-state index in [-0.39, 0.29) is 20.6 Å². The van der Waals surface area contributed by atoms with Crippen molar-refractivity contribution >= 4 is 37.6 Å². The molecule has 0 bridgehead atoms. The molecule has 0 atom stereocenters. The number of anilines is 1. The predicted octanol–water partition coefficient (Wildman–Crippen LogP) is 3.70. The largest absolute Gasteiger partial charge is 0.465 e. The SMILES string of the molecule is COC(=O)c1ccc(Br)c(S(=O)(=O)Nc2cc(C#N)ccc2-n2cccc2)c1. The summed E-state index contributed by atoms with van der Waals surface area (Å²) in [5.74, 6) is -0.650. The van der Waals surface area contributed by atoms with Crippen molar-refractivity contribution in [2.45, 2.75) is 4.90 Å². The third-order valence-electron chi connectivity index (χ3n) is 3.89. The maximum atomic E-state index is 13.0. The Hall–Kier alpha value is -3.09. The molecule has 0 radical (unpaired) electrons. The van der Waals surface area contributed by atoms with Gasteiger partial charge in [0.2, 0.25) is 0 Å². The van der Waals surface area contributed by atoms with Crippen LogP contribution in [0.4, 0.5) is 5.69 Å². The first-order valence-electron chi connectivity index (χ1n) is 7.94. The van der Waals surface area contributed by atoms with Gasteiger partial charge in [0, 0.05) is 16.9 Å². The molecule has 3 aromatic rings. The van der Waals surface area contributed by atoms with Gasteiger partial charge in [-0.25, -0.2) is 13.2 Å². The minimum Gasteiger partial charge on any atom is -0.465 e. The minimum absolute atomic E-state index is 0.0995. The van der Waals surface area contributed by atoms with Gasteiger partial charge in [0.1, 0.15) is 4.90 Å². The lowest BCUT2D eigenvalue weighted by Gasteiger charge is -2.15. The summed E-state index contributed by atoms with van der Waals surface area (Å²) in [6.07, 6.45) is 3.51. The molecule has 0 aliphatic heterocycles. The Kier molecular flexibility index (Phi) is 5.53. The monoisotopic (exact) mass is 459 g/mol. The topological polar surface area (TPSA) is 101 Å². The summed E-state index contributed by atoms with van der Waals surface area (Å²) >= 11 is 3.21. The van der Waals surface area contributed by atoms with Gasteiger partial charge in [-0.05, 0) is 64.5 Å². The van der Waals surface area contributed by atoms with Crippen molar-refractivity contribution in [3.05, 3.63) is 76.5 Å². The van der Waals surface area contributed by atoms with Crippen molar-refractivity contribution in [2.24, 2.45) is 0 Å². The summed E-state index contributed by atoms with van der Waals surface area (Å²) in [6, 6.07) is 14.4. The molecule has 142 valence electrons. The number of nitrogens with zero attached hydrogens (tertiary/aromatic N) is 2. The van der Waals surface area contributed by atoms with Crippen LogP contribution in [0, 0.1) is 11.3 Å². The molecule has 0 fully saturated rings. The lowest BCUT2D eigenvalue weighted by atomic mass is 10.2. The summed E-state index contributed by atoms with van der Waals surface area (Å²) < 4.78 is 35.2. The number of methoxy groups -OCH3 is 1. The predicted molar refractivity (Wildman–Crippen MR) is 107 cm³/mol. The number of benzene rings is 2. The number of esters is 1. The van der Waals surface area contributed by atoms with Gasteiger partial charge in [-0.3, -0.25) is 4.72 Å². The number of halogens is 1. The first-order chi connectivity index (χ1) is 13.4. The molecule has 7 nitrogen and oxygen atoms in total. The maximum absolute atomic E-state index is 13.0. The van der Waals surface area contributed by atoms with Gasteiger partial charge in [0.05, 0.1) is 35.7 Å². The van der Waals surface area contributed by atoms with E-state index in [9.17, 15) is 18.5 Å². The van der Waals surface area contributed by atoms with Crippen LogP contribution in [0.1, 0.15) is 15.9 Å². The number of hydrogen-bond donors (Lipinski definition) is 1. The second kappa shape index (κ2) is 7.88. The summed E-state index contributed by atoms with van der Waals surface area (Å²) in [5.41, 5.74) is 1.18. The van der Waals surface area contributed by atoms with Crippen LogP contribution in [0.15, 0.2) is 70.3 Å². The fourth-order valence-electron chi connectivity index (χ4n) is 2.56. The van der Waals surface area contributed by atoms with Gasteiger partial charge in [-0.2, -0.15) is 5.26 Å². The van der Waals surface area contributed by atoms with E-state index in [1.807, 2.05) is 6.07 Å². The highest BCUT2D eigenvalue weighted by Crippen LogP contribution is 2.29. The first-order valence-corrected chi connectivity index (χ1v) is 10.2. The molecule has 0 aliphatic rings. The number of nitriles is 1. The van der Waals surface area contributed by atoms with E-state index in [0.29, 0.717) is 11.3 Å². The smallest absolute Gasteiger partial charge is 0.337 e. The third kappa shape index (κ3) is 3.93. The molecule has 1 N–H and O–H groups in total. The molecule has 0 spiro atoms. The van der Waals surface area contributed by atoms with Crippen LogP contribution in [0.5, 0.6) is 0 Å². The van der Waals surface area contributed by atoms with E-state index >= 15 is 0 Å². The molecule has 3 rings (SSSR count). The Morgan fingerprint density at radius 3 is 2.54 bits per heavy atom. The molecular weight excluding hydrogens is 446 g/mol. The molecule has 0 amide bonds. The van der Waals surface area contributed by atoms with Crippen molar-refractivity contribution in [1.82, 2.24) is 4.57 Å². The van der Waals surface area contributed by atoms with E-state index in [1.54, 1.807) is 41.2 Å². The average molecular weight is 460 g/mol. The Labute approximate surface area is 170 Å². The Morgan fingerprint density at radius 1 is 1.18 bits per heavy atom. The molecule has 1 aromatic heterocycles. The van der Waals surface area contributed by atoms with Gasteiger partial charge in [-0.15, -0.1) is 0 Å². The standard InChI is InChI=1S/C19H14BrN3O4S/c1-27-19(24)14-5-6-15(20)18(11-14)28(25,26)22-16-10-13(12-21)4-7-17(16)23-8-2-3-9-23/h2-11,22H,1H3.